The van der Waals surface area contributed by atoms with Crippen LogP contribution in [0, 0.1) is 6.92 Å². The number of aliphatic hydroxyl groups excluding tert-OH is 1. The van der Waals surface area contributed by atoms with Crippen LogP contribution < -0.4 is 0 Å². The van der Waals surface area contributed by atoms with Gasteiger partial charge in [-0.25, -0.2) is 9.97 Å². The first-order valence-corrected chi connectivity index (χ1v) is 7.09. The number of nitrogens with zero attached hydrogens (tertiary/aromatic N) is 4. The van der Waals surface area contributed by atoms with Gasteiger partial charge in [-0.2, -0.15) is 0 Å². The van der Waals surface area contributed by atoms with Gasteiger partial charge in [0.1, 0.15) is 28.6 Å². The Morgan fingerprint density at radius 1 is 1.43 bits per heavy atom. The fraction of sp³-hybridized carbons (Fsp3) is 0.357. The van der Waals surface area contributed by atoms with Crippen molar-refractivity contribution in [3.8, 4) is 11.3 Å². The molecule has 1 N–H and O–H groups in total. The monoisotopic (exact) mass is 304 g/mol. The normalized spacial score (nSPS) is 17.6. The molecular weight excluding hydrogens is 292 g/mol. The van der Waals surface area contributed by atoms with Gasteiger partial charge >= 0.3 is 0 Å². The second kappa shape index (κ2) is 4.29. The van der Waals surface area contributed by atoms with Gasteiger partial charge in [0, 0.05) is 18.3 Å². The average molecular weight is 305 g/mol. The molecule has 1 atom stereocenters. The molecule has 0 radical (unpaired) electrons. The zero-order valence-corrected chi connectivity index (χ0v) is 12.3. The first kappa shape index (κ1) is 12.8. The zero-order chi connectivity index (χ0) is 14.7. The number of hydrogen-bond donors (Lipinski definition) is 1. The second-order valence-corrected chi connectivity index (χ2v) is 5.66. The van der Waals surface area contributed by atoms with E-state index in [0.717, 1.165) is 34.3 Å². The van der Waals surface area contributed by atoms with Gasteiger partial charge in [0.15, 0.2) is 0 Å². The van der Waals surface area contributed by atoms with E-state index in [1.165, 1.54) is 6.33 Å². The van der Waals surface area contributed by atoms with E-state index in [1.807, 2.05) is 18.5 Å². The van der Waals surface area contributed by atoms with E-state index >= 15 is 0 Å². The summed E-state index contributed by atoms with van der Waals surface area (Å²) in [5.74, 6) is 0.635. The van der Waals surface area contributed by atoms with Crippen LogP contribution in [0.1, 0.15) is 29.5 Å². The molecule has 3 heterocycles. The molecule has 0 bridgehead atoms. The fourth-order valence-corrected chi connectivity index (χ4v) is 3.40. The number of hydrogen-bond acceptors (Lipinski definition) is 5. The Balaban J connectivity index is 2.19. The van der Waals surface area contributed by atoms with E-state index in [2.05, 4.69) is 15.1 Å². The molecule has 0 aliphatic heterocycles. The third-order valence-electron chi connectivity index (χ3n) is 4.18. The third-order valence-corrected chi connectivity index (χ3v) is 4.46. The van der Waals surface area contributed by atoms with Crippen molar-refractivity contribution in [2.24, 2.45) is 7.05 Å². The Kier molecular flexibility index (Phi) is 2.61. The van der Waals surface area contributed by atoms with E-state index in [4.69, 9.17) is 16.1 Å². The lowest BCUT2D eigenvalue weighted by molar-refractivity contribution is 0.166. The highest BCUT2D eigenvalue weighted by Crippen LogP contribution is 2.43. The Hall–Kier alpha value is -1.92. The van der Waals surface area contributed by atoms with Gasteiger partial charge in [-0.1, -0.05) is 16.8 Å². The molecule has 0 fully saturated rings. The Bertz CT molecular complexity index is 868. The maximum Gasteiger partial charge on any atom is 0.145 e. The van der Waals surface area contributed by atoms with Crippen LogP contribution in [0.4, 0.5) is 0 Å². The van der Waals surface area contributed by atoms with E-state index in [9.17, 15) is 5.11 Å². The summed E-state index contributed by atoms with van der Waals surface area (Å²) in [5, 5.41) is 15.7. The second-order valence-electron chi connectivity index (χ2n) is 5.30. The Morgan fingerprint density at radius 3 is 3.05 bits per heavy atom. The van der Waals surface area contributed by atoms with Crippen LogP contribution in [0.15, 0.2) is 10.9 Å². The average Bonchev–Trinajstić information content (AvgIpc) is 2.91. The van der Waals surface area contributed by atoms with Gasteiger partial charge in [0.2, 0.25) is 0 Å². The van der Waals surface area contributed by atoms with Crippen molar-refractivity contribution in [2.45, 2.75) is 25.9 Å². The summed E-state index contributed by atoms with van der Waals surface area (Å²) in [7, 11) is 1.94. The molecule has 108 valence electrons. The first-order valence-electron chi connectivity index (χ1n) is 6.72. The van der Waals surface area contributed by atoms with Crippen LogP contribution >= 0.6 is 11.6 Å². The van der Waals surface area contributed by atoms with Crippen LogP contribution in [0.2, 0.25) is 5.15 Å². The van der Waals surface area contributed by atoms with Crippen LogP contribution in [0.25, 0.3) is 22.3 Å². The summed E-state index contributed by atoms with van der Waals surface area (Å²) in [4.78, 5) is 8.40. The molecule has 3 aromatic heterocycles. The molecule has 4 rings (SSSR count). The number of aromatic nitrogens is 4. The molecule has 6 nitrogen and oxygen atoms in total. The van der Waals surface area contributed by atoms with Crippen molar-refractivity contribution in [3.63, 3.8) is 0 Å². The number of rotatable bonds is 0. The minimum atomic E-state index is -0.586. The first-order chi connectivity index (χ1) is 10.1. The minimum Gasteiger partial charge on any atom is -0.388 e. The number of aliphatic hydroxyl groups is 1. The zero-order valence-electron chi connectivity index (χ0n) is 11.6. The summed E-state index contributed by atoms with van der Waals surface area (Å²) >= 11 is 6.28. The van der Waals surface area contributed by atoms with Crippen molar-refractivity contribution in [1.29, 1.82) is 0 Å². The molecule has 7 heteroatoms. The highest BCUT2D eigenvalue weighted by atomic mass is 35.5. The van der Waals surface area contributed by atoms with Crippen LogP contribution in [0.5, 0.6) is 0 Å². The lowest BCUT2D eigenvalue weighted by Gasteiger charge is -2.07. The summed E-state index contributed by atoms with van der Waals surface area (Å²) in [5.41, 5.74) is 4.07. The molecule has 0 amide bonds. The topological polar surface area (TPSA) is 77.0 Å². The predicted molar refractivity (Wildman–Crippen MR) is 77.0 cm³/mol. The van der Waals surface area contributed by atoms with Gasteiger partial charge in [0.05, 0.1) is 17.1 Å². The Morgan fingerprint density at radius 2 is 2.24 bits per heavy atom. The van der Waals surface area contributed by atoms with Gasteiger partial charge < -0.3 is 14.2 Å². The molecule has 0 unspecified atom stereocenters. The van der Waals surface area contributed by atoms with Gasteiger partial charge in [-0.05, 0) is 19.8 Å². The fourth-order valence-electron chi connectivity index (χ4n) is 3.18. The lowest BCUT2D eigenvalue weighted by atomic mass is 10.0. The molecule has 0 aromatic carbocycles. The lowest BCUT2D eigenvalue weighted by Crippen LogP contribution is -2.01. The highest BCUT2D eigenvalue weighted by molar-refractivity contribution is 6.35. The van der Waals surface area contributed by atoms with Crippen LogP contribution in [0.3, 0.4) is 0 Å². The van der Waals surface area contributed by atoms with Gasteiger partial charge in [-0.3, -0.25) is 0 Å². The SMILES string of the molecule is Cc1onc2c1[C@@H](O)CCc1c-2c2c(Cl)ncnc2n1C. The molecular formula is C14H13ClN4O2. The minimum absolute atomic E-state index is 0.389. The predicted octanol–water partition coefficient (Wildman–Crippen LogP) is 2.56. The molecule has 1 aliphatic rings. The Labute approximate surface area is 125 Å². The van der Waals surface area contributed by atoms with E-state index in [-0.39, 0.29) is 0 Å². The van der Waals surface area contributed by atoms with Crippen molar-refractivity contribution >= 4 is 22.6 Å². The molecule has 0 spiro atoms. The smallest absolute Gasteiger partial charge is 0.145 e. The van der Waals surface area contributed by atoms with Crippen molar-refractivity contribution in [2.75, 3.05) is 0 Å². The number of aryl methyl sites for hydroxylation is 2. The van der Waals surface area contributed by atoms with Crippen molar-refractivity contribution in [3.05, 3.63) is 28.5 Å². The third kappa shape index (κ3) is 1.60. The number of halogens is 1. The molecule has 0 saturated carbocycles. The standard InChI is InChI=1S/C14H13ClN4O2/c1-6-9-8(20)4-3-7-10(12(9)18-21-6)11-13(15)16-5-17-14(11)19(7)2/h5,8,20H,3-4H2,1-2H3/t8-/m0/s1. The summed E-state index contributed by atoms with van der Waals surface area (Å²) in [6.07, 6.45) is 2.19. The molecule has 0 saturated heterocycles. The van der Waals surface area contributed by atoms with Crippen molar-refractivity contribution < 1.29 is 9.63 Å². The van der Waals surface area contributed by atoms with Gasteiger partial charge in [-0.15, -0.1) is 0 Å². The summed E-state index contributed by atoms with van der Waals surface area (Å²) in [6.45, 7) is 1.81. The van der Waals surface area contributed by atoms with Gasteiger partial charge in [0.25, 0.3) is 0 Å². The van der Waals surface area contributed by atoms with Crippen LogP contribution in [-0.4, -0.2) is 24.8 Å². The maximum atomic E-state index is 10.4. The molecule has 1 aliphatic carbocycles. The van der Waals surface area contributed by atoms with E-state index in [0.29, 0.717) is 23.0 Å². The summed E-state index contributed by atoms with van der Waals surface area (Å²) < 4.78 is 7.29. The van der Waals surface area contributed by atoms with Crippen molar-refractivity contribution in [1.82, 2.24) is 19.7 Å². The largest absolute Gasteiger partial charge is 0.388 e. The van der Waals surface area contributed by atoms with E-state index in [1.54, 1.807) is 0 Å². The highest BCUT2D eigenvalue weighted by Gasteiger charge is 2.32. The molecule has 21 heavy (non-hydrogen) atoms. The molecule has 3 aromatic rings. The quantitative estimate of drug-likeness (QED) is 0.646. The van der Waals surface area contributed by atoms with Crippen LogP contribution in [-0.2, 0) is 13.5 Å². The maximum absolute atomic E-state index is 10.4. The summed E-state index contributed by atoms with van der Waals surface area (Å²) in [6, 6.07) is 0. The number of fused-ring (bicyclic) bond motifs is 5. The van der Waals surface area contributed by atoms with E-state index < -0.39 is 6.10 Å².